The summed E-state index contributed by atoms with van der Waals surface area (Å²) in [6, 6.07) is 1.85. The molecule has 1 unspecified atom stereocenters. The SMILES string of the molecule is COCc1cc(CN2CCOC(C(=O)OC)C2)no1. The normalized spacial score (nSPS) is 20.4. The van der Waals surface area contributed by atoms with E-state index in [1.807, 2.05) is 6.07 Å². The molecule has 0 N–H and O–H groups in total. The fourth-order valence-electron chi connectivity index (χ4n) is 1.99. The van der Waals surface area contributed by atoms with Gasteiger partial charge in [-0.05, 0) is 0 Å². The lowest BCUT2D eigenvalue weighted by Crippen LogP contribution is -2.46. The number of ether oxygens (including phenoxy) is 3. The quantitative estimate of drug-likeness (QED) is 0.707. The number of rotatable bonds is 5. The summed E-state index contributed by atoms with van der Waals surface area (Å²) < 4.78 is 20.1. The van der Waals surface area contributed by atoms with Crippen LogP contribution in [-0.4, -0.2) is 56.0 Å². The summed E-state index contributed by atoms with van der Waals surface area (Å²) >= 11 is 0. The summed E-state index contributed by atoms with van der Waals surface area (Å²) in [7, 11) is 2.96. The Kier molecular flexibility index (Phi) is 4.89. The number of methoxy groups -OCH3 is 2. The highest BCUT2D eigenvalue weighted by molar-refractivity contribution is 5.74. The van der Waals surface area contributed by atoms with Gasteiger partial charge in [-0.2, -0.15) is 0 Å². The Morgan fingerprint density at radius 2 is 2.42 bits per heavy atom. The van der Waals surface area contributed by atoms with Crippen LogP contribution in [0.2, 0.25) is 0 Å². The molecule has 0 saturated carbocycles. The Balaban J connectivity index is 1.89. The molecule has 7 heteroatoms. The van der Waals surface area contributed by atoms with Crippen molar-refractivity contribution >= 4 is 5.97 Å². The van der Waals surface area contributed by atoms with Gasteiger partial charge < -0.3 is 18.7 Å². The standard InChI is InChI=1S/C12H18N2O5/c1-16-8-10-5-9(13-19-10)6-14-3-4-18-11(7-14)12(15)17-2/h5,11H,3-4,6-8H2,1-2H3. The molecule has 0 aromatic carbocycles. The van der Waals surface area contributed by atoms with E-state index in [1.54, 1.807) is 7.11 Å². The Morgan fingerprint density at radius 3 is 3.16 bits per heavy atom. The van der Waals surface area contributed by atoms with Crippen LogP contribution in [0.15, 0.2) is 10.6 Å². The van der Waals surface area contributed by atoms with Gasteiger partial charge in [-0.15, -0.1) is 0 Å². The van der Waals surface area contributed by atoms with Gasteiger partial charge in [-0.1, -0.05) is 5.16 Å². The maximum absolute atomic E-state index is 11.4. The third-order valence-electron chi connectivity index (χ3n) is 2.89. The largest absolute Gasteiger partial charge is 0.467 e. The molecule has 1 atom stereocenters. The molecule has 0 aliphatic carbocycles. The third-order valence-corrected chi connectivity index (χ3v) is 2.89. The van der Waals surface area contributed by atoms with E-state index in [1.165, 1.54) is 7.11 Å². The summed E-state index contributed by atoms with van der Waals surface area (Å²) in [5, 5.41) is 3.97. The van der Waals surface area contributed by atoms with Gasteiger partial charge in [0.15, 0.2) is 11.9 Å². The van der Waals surface area contributed by atoms with E-state index >= 15 is 0 Å². The monoisotopic (exact) mass is 270 g/mol. The van der Waals surface area contributed by atoms with Crippen LogP contribution in [0.4, 0.5) is 0 Å². The van der Waals surface area contributed by atoms with Crippen LogP contribution in [0.1, 0.15) is 11.5 Å². The minimum Gasteiger partial charge on any atom is -0.467 e. The fraction of sp³-hybridized carbons (Fsp3) is 0.667. The van der Waals surface area contributed by atoms with Crippen LogP contribution in [0.5, 0.6) is 0 Å². The zero-order valence-corrected chi connectivity index (χ0v) is 11.1. The molecule has 106 valence electrons. The molecule has 7 nitrogen and oxygen atoms in total. The van der Waals surface area contributed by atoms with Crippen molar-refractivity contribution in [2.24, 2.45) is 0 Å². The lowest BCUT2D eigenvalue weighted by Gasteiger charge is -2.30. The van der Waals surface area contributed by atoms with Gasteiger partial charge in [0.1, 0.15) is 6.61 Å². The zero-order chi connectivity index (χ0) is 13.7. The number of hydrogen-bond donors (Lipinski definition) is 0. The van der Waals surface area contributed by atoms with E-state index in [2.05, 4.69) is 14.8 Å². The van der Waals surface area contributed by atoms with E-state index in [4.69, 9.17) is 14.0 Å². The number of morpholine rings is 1. The summed E-state index contributed by atoms with van der Waals surface area (Å²) in [5.41, 5.74) is 0.817. The van der Waals surface area contributed by atoms with Gasteiger partial charge in [0, 0.05) is 32.8 Å². The smallest absolute Gasteiger partial charge is 0.336 e. The van der Waals surface area contributed by atoms with E-state index in [-0.39, 0.29) is 5.97 Å². The Labute approximate surface area is 111 Å². The molecule has 19 heavy (non-hydrogen) atoms. The molecule has 1 aromatic heterocycles. The van der Waals surface area contributed by atoms with Crippen LogP contribution in [-0.2, 0) is 32.2 Å². The van der Waals surface area contributed by atoms with Gasteiger partial charge in [0.25, 0.3) is 0 Å². The van der Waals surface area contributed by atoms with E-state index in [0.717, 1.165) is 12.2 Å². The van der Waals surface area contributed by atoms with Gasteiger partial charge in [-0.25, -0.2) is 4.79 Å². The molecule has 0 amide bonds. The first-order valence-corrected chi connectivity index (χ1v) is 6.08. The van der Waals surface area contributed by atoms with Crippen molar-refractivity contribution in [3.8, 4) is 0 Å². The van der Waals surface area contributed by atoms with Crippen LogP contribution in [0.25, 0.3) is 0 Å². The zero-order valence-electron chi connectivity index (χ0n) is 11.1. The molecule has 1 aromatic rings. The van der Waals surface area contributed by atoms with Crippen molar-refractivity contribution in [3.63, 3.8) is 0 Å². The number of esters is 1. The second-order valence-corrected chi connectivity index (χ2v) is 4.34. The lowest BCUT2D eigenvalue weighted by atomic mass is 10.2. The topological polar surface area (TPSA) is 74.0 Å². The van der Waals surface area contributed by atoms with Gasteiger partial charge in [-0.3, -0.25) is 4.90 Å². The van der Waals surface area contributed by atoms with Crippen molar-refractivity contribution in [2.75, 3.05) is 33.9 Å². The summed E-state index contributed by atoms with van der Waals surface area (Å²) in [6.45, 7) is 2.77. The number of carbonyl (C=O) groups excluding carboxylic acids is 1. The highest BCUT2D eigenvalue weighted by atomic mass is 16.6. The van der Waals surface area contributed by atoms with E-state index in [9.17, 15) is 4.79 Å². The highest BCUT2D eigenvalue weighted by Gasteiger charge is 2.27. The molecule has 0 bridgehead atoms. The highest BCUT2D eigenvalue weighted by Crippen LogP contribution is 2.12. The Hall–Kier alpha value is -1.44. The number of carbonyl (C=O) groups is 1. The molecule has 0 radical (unpaired) electrons. The molecule has 1 aliphatic rings. The predicted octanol–water partition coefficient (Wildman–Crippen LogP) is 0.195. The van der Waals surface area contributed by atoms with E-state index < -0.39 is 6.10 Å². The molecule has 1 fully saturated rings. The maximum Gasteiger partial charge on any atom is 0.336 e. The van der Waals surface area contributed by atoms with Gasteiger partial charge in [0.2, 0.25) is 0 Å². The first-order valence-electron chi connectivity index (χ1n) is 6.08. The predicted molar refractivity (Wildman–Crippen MR) is 64.2 cm³/mol. The molecule has 0 spiro atoms. The first-order chi connectivity index (χ1) is 9.22. The van der Waals surface area contributed by atoms with Crippen molar-refractivity contribution in [1.29, 1.82) is 0 Å². The minimum absolute atomic E-state index is 0.343. The number of nitrogens with zero attached hydrogens (tertiary/aromatic N) is 2. The molecular formula is C12H18N2O5. The van der Waals surface area contributed by atoms with Crippen LogP contribution < -0.4 is 0 Å². The van der Waals surface area contributed by atoms with Crippen molar-refractivity contribution < 1.29 is 23.5 Å². The Morgan fingerprint density at radius 1 is 1.58 bits per heavy atom. The van der Waals surface area contributed by atoms with Crippen LogP contribution >= 0.6 is 0 Å². The average molecular weight is 270 g/mol. The number of aromatic nitrogens is 1. The van der Waals surface area contributed by atoms with Gasteiger partial charge >= 0.3 is 5.97 Å². The molecule has 2 rings (SSSR count). The minimum atomic E-state index is -0.524. The summed E-state index contributed by atoms with van der Waals surface area (Å²) in [5.74, 6) is 0.347. The molecule has 1 saturated heterocycles. The Bertz CT molecular complexity index is 420. The second kappa shape index (κ2) is 6.65. The lowest BCUT2D eigenvalue weighted by molar-refractivity contribution is -0.160. The second-order valence-electron chi connectivity index (χ2n) is 4.34. The van der Waals surface area contributed by atoms with Crippen molar-refractivity contribution in [2.45, 2.75) is 19.3 Å². The maximum atomic E-state index is 11.4. The third kappa shape index (κ3) is 3.76. The van der Waals surface area contributed by atoms with Crippen LogP contribution in [0.3, 0.4) is 0 Å². The average Bonchev–Trinajstić information content (AvgIpc) is 2.86. The number of hydrogen-bond acceptors (Lipinski definition) is 7. The molecule has 2 heterocycles. The van der Waals surface area contributed by atoms with Crippen molar-refractivity contribution in [3.05, 3.63) is 17.5 Å². The van der Waals surface area contributed by atoms with E-state index in [0.29, 0.717) is 32.1 Å². The van der Waals surface area contributed by atoms with Crippen molar-refractivity contribution in [1.82, 2.24) is 10.1 Å². The molecular weight excluding hydrogens is 252 g/mol. The summed E-state index contributed by atoms with van der Waals surface area (Å²) in [4.78, 5) is 13.5. The summed E-state index contributed by atoms with van der Waals surface area (Å²) in [6.07, 6.45) is -0.524. The first kappa shape index (κ1) is 14.0. The van der Waals surface area contributed by atoms with Crippen LogP contribution in [0, 0.1) is 0 Å². The fourth-order valence-corrected chi connectivity index (χ4v) is 1.99. The molecule has 1 aliphatic heterocycles. The van der Waals surface area contributed by atoms with Gasteiger partial charge in [0.05, 0.1) is 19.4 Å².